The van der Waals surface area contributed by atoms with Crippen molar-refractivity contribution in [3.8, 4) is 0 Å². The number of nitrogens with zero attached hydrogens (tertiary/aromatic N) is 3. The summed E-state index contributed by atoms with van der Waals surface area (Å²) in [5.74, 6) is -0.178. The molecular formula is C22H33N3O4. The number of para-hydroxylation sites is 2. The van der Waals surface area contributed by atoms with Crippen LogP contribution in [0.15, 0.2) is 24.3 Å². The lowest BCUT2D eigenvalue weighted by Crippen LogP contribution is -2.47. The number of ether oxygens (including phenoxy) is 1. The molecule has 7 heteroatoms. The van der Waals surface area contributed by atoms with Crippen LogP contribution in [0.5, 0.6) is 0 Å². The standard InChI is InChI=1S/C22H33N3O4/c1-6-14-24-17-11-9-8-10-16(17)23-19(24)13-12-18(20(26)27)25(15-7-2)21(28)29-22(3,4)5/h8-11,18H,6-7,12-15H2,1-5H3,(H,26,27). The number of imidazole rings is 1. The number of aliphatic carboxylic acids is 1. The normalized spacial score (nSPS) is 12.7. The van der Waals surface area contributed by atoms with Gasteiger partial charge in [-0.15, -0.1) is 0 Å². The second kappa shape index (κ2) is 9.76. The Bertz CT molecular complexity index is 838. The van der Waals surface area contributed by atoms with Gasteiger partial charge in [0.1, 0.15) is 17.5 Å². The second-order valence-corrected chi connectivity index (χ2v) is 8.23. The summed E-state index contributed by atoms with van der Waals surface area (Å²) in [6.45, 7) is 10.5. The second-order valence-electron chi connectivity index (χ2n) is 8.23. The van der Waals surface area contributed by atoms with Crippen molar-refractivity contribution in [1.29, 1.82) is 0 Å². The lowest BCUT2D eigenvalue weighted by molar-refractivity contribution is -0.143. The molecule has 1 unspecified atom stereocenters. The molecular weight excluding hydrogens is 370 g/mol. The van der Waals surface area contributed by atoms with Gasteiger partial charge in [-0.05, 0) is 52.2 Å². The maximum atomic E-state index is 12.6. The molecule has 0 saturated carbocycles. The summed E-state index contributed by atoms with van der Waals surface area (Å²) in [4.78, 5) is 30.7. The first kappa shape index (κ1) is 22.7. The SMILES string of the molecule is CCCN(C(=O)OC(C)(C)C)C(CCc1nc2ccccc2n1CCC)C(=O)O. The van der Waals surface area contributed by atoms with Crippen LogP contribution in [0.2, 0.25) is 0 Å². The molecule has 1 N–H and O–H groups in total. The molecule has 2 rings (SSSR count). The minimum Gasteiger partial charge on any atom is -0.480 e. The Labute approximate surface area is 172 Å². The molecule has 160 valence electrons. The van der Waals surface area contributed by atoms with Crippen molar-refractivity contribution in [2.45, 2.75) is 78.5 Å². The van der Waals surface area contributed by atoms with Gasteiger partial charge in [-0.2, -0.15) is 0 Å². The number of carboxylic acid groups (broad SMARTS) is 1. The third kappa shape index (κ3) is 5.95. The first-order chi connectivity index (χ1) is 13.7. The van der Waals surface area contributed by atoms with Crippen molar-refractivity contribution in [2.75, 3.05) is 6.54 Å². The van der Waals surface area contributed by atoms with Gasteiger partial charge in [0.15, 0.2) is 0 Å². The molecule has 29 heavy (non-hydrogen) atoms. The molecule has 2 aromatic rings. The summed E-state index contributed by atoms with van der Waals surface area (Å²) >= 11 is 0. The van der Waals surface area contributed by atoms with Crippen LogP contribution in [0.3, 0.4) is 0 Å². The van der Waals surface area contributed by atoms with E-state index in [1.807, 2.05) is 31.2 Å². The Kier molecular flexibility index (Phi) is 7.65. The van der Waals surface area contributed by atoms with Gasteiger partial charge in [0.25, 0.3) is 0 Å². The highest BCUT2D eigenvalue weighted by Gasteiger charge is 2.32. The monoisotopic (exact) mass is 403 g/mol. The molecule has 0 aliphatic rings. The minimum atomic E-state index is -1.03. The average Bonchev–Trinajstić information content (AvgIpc) is 2.97. The number of amides is 1. The van der Waals surface area contributed by atoms with Crippen molar-refractivity contribution in [3.63, 3.8) is 0 Å². The summed E-state index contributed by atoms with van der Waals surface area (Å²) in [7, 11) is 0. The van der Waals surface area contributed by atoms with Crippen molar-refractivity contribution >= 4 is 23.1 Å². The molecule has 1 aromatic heterocycles. The molecule has 7 nitrogen and oxygen atoms in total. The fraction of sp³-hybridized carbons (Fsp3) is 0.591. The number of fused-ring (bicyclic) bond motifs is 1. The predicted octanol–water partition coefficient (Wildman–Crippen LogP) is 4.48. The Morgan fingerprint density at radius 3 is 2.48 bits per heavy atom. The number of benzene rings is 1. The Morgan fingerprint density at radius 2 is 1.90 bits per heavy atom. The number of hydrogen-bond donors (Lipinski definition) is 1. The molecule has 0 aliphatic heterocycles. The summed E-state index contributed by atoms with van der Waals surface area (Å²) in [5, 5.41) is 9.83. The van der Waals surface area contributed by atoms with Crippen molar-refractivity contribution in [1.82, 2.24) is 14.5 Å². The van der Waals surface area contributed by atoms with Crippen LogP contribution in [-0.2, 0) is 22.5 Å². The molecule has 0 bridgehead atoms. The van der Waals surface area contributed by atoms with Gasteiger partial charge in [0.05, 0.1) is 11.0 Å². The topological polar surface area (TPSA) is 84.7 Å². The van der Waals surface area contributed by atoms with Crippen LogP contribution in [0, 0.1) is 0 Å². The van der Waals surface area contributed by atoms with E-state index in [1.165, 1.54) is 4.90 Å². The zero-order valence-electron chi connectivity index (χ0n) is 18.1. The lowest BCUT2D eigenvalue weighted by Gasteiger charge is -2.31. The molecule has 0 spiro atoms. The molecule has 1 heterocycles. The highest BCUT2D eigenvalue weighted by molar-refractivity contribution is 5.80. The molecule has 0 saturated heterocycles. The number of aromatic nitrogens is 2. The number of aryl methyl sites for hydroxylation is 2. The largest absolute Gasteiger partial charge is 0.480 e. The summed E-state index contributed by atoms with van der Waals surface area (Å²) in [5.41, 5.74) is 1.27. The van der Waals surface area contributed by atoms with Crippen LogP contribution in [-0.4, -0.2) is 49.8 Å². The fourth-order valence-corrected chi connectivity index (χ4v) is 3.40. The molecule has 0 fully saturated rings. The van der Waals surface area contributed by atoms with Crippen molar-refractivity contribution in [3.05, 3.63) is 30.1 Å². The van der Waals surface area contributed by atoms with Gasteiger partial charge in [-0.1, -0.05) is 26.0 Å². The number of carbonyl (C=O) groups excluding carboxylic acids is 1. The van der Waals surface area contributed by atoms with E-state index in [0.717, 1.165) is 29.8 Å². The van der Waals surface area contributed by atoms with E-state index in [1.54, 1.807) is 20.8 Å². The van der Waals surface area contributed by atoms with Gasteiger partial charge in [0, 0.05) is 19.5 Å². The number of carboxylic acids is 1. The third-order valence-corrected chi connectivity index (χ3v) is 4.58. The smallest absolute Gasteiger partial charge is 0.411 e. The van der Waals surface area contributed by atoms with Crippen molar-refractivity contribution in [2.24, 2.45) is 0 Å². The number of rotatable bonds is 9. The molecule has 1 atom stereocenters. The highest BCUT2D eigenvalue weighted by Crippen LogP contribution is 2.20. The van der Waals surface area contributed by atoms with E-state index < -0.39 is 23.7 Å². The Hall–Kier alpha value is -2.57. The maximum Gasteiger partial charge on any atom is 0.411 e. The van der Waals surface area contributed by atoms with Crippen LogP contribution >= 0.6 is 0 Å². The molecule has 1 amide bonds. The van der Waals surface area contributed by atoms with Gasteiger partial charge in [0.2, 0.25) is 0 Å². The predicted molar refractivity (Wildman–Crippen MR) is 113 cm³/mol. The van der Waals surface area contributed by atoms with Gasteiger partial charge in [-0.3, -0.25) is 4.90 Å². The van der Waals surface area contributed by atoms with Crippen molar-refractivity contribution < 1.29 is 19.4 Å². The van der Waals surface area contributed by atoms with Crippen LogP contribution in [0.4, 0.5) is 4.79 Å². The quantitative estimate of drug-likeness (QED) is 0.667. The van der Waals surface area contributed by atoms with E-state index in [9.17, 15) is 14.7 Å². The molecule has 1 aromatic carbocycles. The van der Waals surface area contributed by atoms with E-state index in [-0.39, 0.29) is 6.42 Å². The number of hydrogen-bond acceptors (Lipinski definition) is 4. The fourth-order valence-electron chi connectivity index (χ4n) is 3.40. The first-order valence-electron chi connectivity index (χ1n) is 10.3. The van der Waals surface area contributed by atoms with E-state index >= 15 is 0 Å². The maximum absolute atomic E-state index is 12.6. The summed E-state index contributed by atoms with van der Waals surface area (Å²) in [6, 6.07) is 6.95. The van der Waals surface area contributed by atoms with Crippen LogP contribution < -0.4 is 0 Å². The molecule has 0 aliphatic carbocycles. The number of carbonyl (C=O) groups is 2. The average molecular weight is 404 g/mol. The van der Waals surface area contributed by atoms with Crippen LogP contribution in [0.25, 0.3) is 11.0 Å². The van der Waals surface area contributed by atoms with Gasteiger partial charge >= 0.3 is 12.1 Å². The van der Waals surface area contributed by atoms with E-state index in [2.05, 4.69) is 11.5 Å². The lowest BCUT2D eigenvalue weighted by atomic mass is 10.1. The Balaban J connectivity index is 2.26. The Morgan fingerprint density at radius 1 is 1.21 bits per heavy atom. The minimum absolute atomic E-state index is 0.279. The molecule has 0 radical (unpaired) electrons. The third-order valence-electron chi connectivity index (χ3n) is 4.58. The van der Waals surface area contributed by atoms with Gasteiger partial charge < -0.3 is 14.4 Å². The van der Waals surface area contributed by atoms with Gasteiger partial charge in [-0.25, -0.2) is 14.6 Å². The van der Waals surface area contributed by atoms with Crippen LogP contribution in [0.1, 0.15) is 59.7 Å². The van der Waals surface area contributed by atoms with E-state index in [4.69, 9.17) is 9.72 Å². The van der Waals surface area contributed by atoms with E-state index in [0.29, 0.717) is 19.4 Å². The zero-order valence-corrected chi connectivity index (χ0v) is 18.1. The summed E-state index contributed by atoms with van der Waals surface area (Å²) in [6.07, 6.45) is 1.76. The highest BCUT2D eigenvalue weighted by atomic mass is 16.6. The summed E-state index contributed by atoms with van der Waals surface area (Å²) < 4.78 is 7.59. The first-order valence-corrected chi connectivity index (χ1v) is 10.3. The zero-order chi connectivity index (χ0) is 21.6.